The van der Waals surface area contributed by atoms with E-state index in [2.05, 4.69) is 45.7 Å². The number of aromatic nitrogens is 2. The molecule has 0 fully saturated rings. The summed E-state index contributed by atoms with van der Waals surface area (Å²) in [5.41, 5.74) is 0.891. The first kappa shape index (κ1) is 19.5. The lowest BCUT2D eigenvalue weighted by atomic mass is 9.90. The van der Waals surface area contributed by atoms with Crippen LogP contribution in [0.25, 0.3) is 0 Å². The number of aliphatic imine (C=N–C) groups is 1. The van der Waals surface area contributed by atoms with E-state index in [1.807, 2.05) is 18.2 Å². The first-order valence-corrected chi connectivity index (χ1v) is 8.01. The molecule has 2 N–H and O–H groups in total. The SMILES string of the molecule is CN=C(NCc1nc(C)no1)NC1CC(C)(C)Oc2ccccc21.I. The van der Waals surface area contributed by atoms with Gasteiger partial charge in [0.25, 0.3) is 0 Å². The standard InChI is InChI=1S/C17H23N5O2.HI/c1-11-20-15(24-22-11)10-19-16(18-4)21-13-9-17(2,3)23-14-8-6-5-7-12(13)14;/h5-8,13H,9-10H2,1-4H3,(H2,18,19,21);1H. The van der Waals surface area contributed by atoms with Crippen molar-refractivity contribution in [3.05, 3.63) is 41.5 Å². The van der Waals surface area contributed by atoms with Gasteiger partial charge >= 0.3 is 0 Å². The lowest BCUT2D eigenvalue weighted by molar-refractivity contribution is 0.0694. The summed E-state index contributed by atoms with van der Waals surface area (Å²) in [6.07, 6.45) is 0.838. The van der Waals surface area contributed by atoms with Gasteiger partial charge in [-0.3, -0.25) is 4.99 Å². The van der Waals surface area contributed by atoms with Crippen molar-refractivity contribution in [2.24, 2.45) is 4.99 Å². The van der Waals surface area contributed by atoms with Crippen molar-refractivity contribution in [1.29, 1.82) is 0 Å². The van der Waals surface area contributed by atoms with Gasteiger partial charge in [-0.15, -0.1) is 24.0 Å². The van der Waals surface area contributed by atoms with Crippen LogP contribution in [0.1, 0.15) is 43.6 Å². The molecule has 0 spiro atoms. The molecule has 2 aromatic rings. The van der Waals surface area contributed by atoms with E-state index < -0.39 is 0 Å². The fourth-order valence-corrected chi connectivity index (χ4v) is 2.86. The highest BCUT2D eigenvalue weighted by atomic mass is 127. The lowest BCUT2D eigenvalue weighted by Crippen LogP contribution is -2.45. The Morgan fingerprint density at radius 3 is 2.80 bits per heavy atom. The van der Waals surface area contributed by atoms with E-state index in [-0.39, 0.29) is 35.6 Å². The Bertz CT molecular complexity index is 744. The Labute approximate surface area is 164 Å². The highest BCUT2D eigenvalue weighted by molar-refractivity contribution is 14.0. The van der Waals surface area contributed by atoms with Crippen LogP contribution in [0.5, 0.6) is 5.75 Å². The number of nitrogens with zero attached hydrogens (tertiary/aromatic N) is 3. The van der Waals surface area contributed by atoms with Gasteiger partial charge in [0.15, 0.2) is 11.8 Å². The van der Waals surface area contributed by atoms with Gasteiger partial charge in [-0.2, -0.15) is 4.98 Å². The maximum Gasteiger partial charge on any atom is 0.246 e. The van der Waals surface area contributed by atoms with Crippen LogP contribution < -0.4 is 15.4 Å². The first-order valence-electron chi connectivity index (χ1n) is 8.01. The van der Waals surface area contributed by atoms with Crippen molar-refractivity contribution in [2.45, 2.75) is 45.4 Å². The van der Waals surface area contributed by atoms with Crippen molar-refractivity contribution in [3.63, 3.8) is 0 Å². The second-order valence-corrected chi connectivity index (χ2v) is 6.46. The summed E-state index contributed by atoms with van der Waals surface area (Å²) in [4.78, 5) is 8.47. The average Bonchev–Trinajstić information content (AvgIpc) is 2.95. The number of guanidine groups is 1. The lowest BCUT2D eigenvalue weighted by Gasteiger charge is -2.38. The quantitative estimate of drug-likeness (QED) is 0.419. The molecule has 1 aromatic heterocycles. The van der Waals surface area contributed by atoms with Gasteiger partial charge < -0.3 is 19.9 Å². The van der Waals surface area contributed by atoms with Crippen molar-refractivity contribution in [2.75, 3.05) is 7.05 Å². The Morgan fingerprint density at radius 1 is 1.36 bits per heavy atom. The van der Waals surface area contributed by atoms with Crippen LogP contribution in [0.2, 0.25) is 0 Å². The molecule has 2 heterocycles. The molecule has 136 valence electrons. The van der Waals surface area contributed by atoms with E-state index >= 15 is 0 Å². The molecule has 0 amide bonds. The normalized spacial score (nSPS) is 18.6. The minimum atomic E-state index is -0.242. The van der Waals surface area contributed by atoms with Gasteiger partial charge in [-0.1, -0.05) is 23.4 Å². The highest BCUT2D eigenvalue weighted by Gasteiger charge is 2.33. The maximum absolute atomic E-state index is 6.06. The van der Waals surface area contributed by atoms with Crippen LogP contribution in [0.3, 0.4) is 0 Å². The molecule has 7 nitrogen and oxygen atoms in total. The molecule has 0 saturated carbocycles. The first-order chi connectivity index (χ1) is 11.5. The molecule has 3 rings (SSSR count). The largest absolute Gasteiger partial charge is 0.487 e. The van der Waals surface area contributed by atoms with Gasteiger partial charge in [-0.05, 0) is 26.8 Å². The number of rotatable bonds is 3. The van der Waals surface area contributed by atoms with Crippen molar-refractivity contribution in [3.8, 4) is 5.75 Å². The van der Waals surface area contributed by atoms with Crippen LogP contribution in [0.4, 0.5) is 0 Å². The number of benzene rings is 1. The smallest absolute Gasteiger partial charge is 0.246 e. The summed E-state index contributed by atoms with van der Waals surface area (Å²) >= 11 is 0. The minimum absolute atomic E-state index is 0. The summed E-state index contributed by atoms with van der Waals surface area (Å²) in [6.45, 7) is 6.40. The molecule has 1 aliphatic rings. The van der Waals surface area contributed by atoms with E-state index in [1.165, 1.54) is 0 Å². The van der Waals surface area contributed by atoms with Crippen LogP contribution >= 0.6 is 24.0 Å². The van der Waals surface area contributed by atoms with E-state index in [4.69, 9.17) is 9.26 Å². The Kier molecular flexibility index (Phi) is 6.26. The molecule has 0 radical (unpaired) electrons. The zero-order chi connectivity index (χ0) is 17.2. The van der Waals surface area contributed by atoms with E-state index in [9.17, 15) is 0 Å². The zero-order valence-corrected chi connectivity index (χ0v) is 17.2. The molecular weight excluding hydrogens is 433 g/mol. The van der Waals surface area contributed by atoms with Crippen LogP contribution in [-0.2, 0) is 6.54 Å². The molecule has 8 heteroatoms. The van der Waals surface area contributed by atoms with E-state index in [0.717, 1.165) is 17.7 Å². The van der Waals surface area contributed by atoms with Crippen molar-refractivity contribution in [1.82, 2.24) is 20.8 Å². The monoisotopic (exact) mass is 457 g/mol. The number of halogens is 1. The topological polar surface area (TPSA) is 84.6 Å². The van der Waals surface area contributed by atoms with Crippen molar-refractivity contribution >= 4 is 29.9 Å². The van der Waals surface area contributed by atoms with Crippen LogP contribution in [0, 0.1) is 6.92 Å². The van der Waals surface area contributed by atoms with Gasteiger partial charge in [0.2, 0.25) is 5.89 Å². The molecule has 1 unspecified atom stereocenters. The maximum atomic E-state index is 6.06. The molecule has 1 aliphatic heterocycles. The van der Waals surface area contributed by atoms with Crippen molar-refractivity contribution < 1.29 is 9.26 Å². The van der Waals surface area contributed by atoms with Gasteiger partial charge in [0, 0.05) is 19.0 Å². The summed E-state index contributed by atoms with van der Waals surface area (Å²) in [6, 6.07) is 8.20. The number of hydrogen-bond acceptors (Lipinski definition) is 5. The number of aryl methyl sites for hydroxylation is 1. The second-order valence-electron chi connectivity index (χ2n) is 6.46. The summed E-state index contributed by atoms with van der Waals surface area (Å²) in [5.74, 6) is 2.75. The van der Waals surface area contributed by atoms with E-state index in [0.29, 0.717) is 24.2 Å². The molecule has 25 heavy (non-hydrogen) atoms. The van der Waals surface area contributed by atoms with Gasteiger partial charge in [-0.25, -0.2) is 0 Å². The Balaban J connectivity index is 0.00000225. The number of para-hydroxylation sites is 1. The molecule has 1 atom stereocenters. The summed E-state index contributed by atoms with van der Waals surface area (Å²) in [7, 11) is 1.74. The molecule has 1 aromatic carbocycles. The average molecular weight is 457 g/mol. The zero-order valence-electron chi connectivity index (χ0n) is 14.9. The molecule has 0 bridgehead atoms. The number of fused-ring (bicyclic) bond motifs is 1. The Morgan fingerprint density at radius 2 is 2.12 bits per heavy atom. The van der Waals surface area contributed by atoms with Gasteiger partial charge in [0.1, 0.15) is 11.4 Å². The third kappa shape index (κ3) is 4.83. The minimum Gasteiger partial charge on any atom is -0.487 e. The molecular formula is C17H24IN5O2. The predicted octanol–water partition coefficient (Wildman–Crippen LogP) is 2.96. The fourth-order valence-electron chi connectivity index (χ4n) is 2.86. The highest BCUT2D eigenvalue weighted by Crippen LogP contribution is 2.39. The second kappa shape index (κ2) is 8.03. The third-order valence-electron chi connectivity index (χ3n) is 3.89. The molecule has 0 saturated heterocycles. The Hall–Kier alpha value is -1.84. The van der Waals surface area contributed by atoms with Crippen LogP contribution in [0.15, 0.2) is 33.8 Å². The fraction of sp³-hybridized carbons (Fsp3) is 0.471. The van der Waals surface area contributed by atoms with E-state index in [1.54, 1.807) is 14.0 Å². The number of nitrogens with one attached hydrogen (secondary N) is 2. The molecule has 0 aliphatic carbocycles. The predicted molar refractivity (Wildman–Crippen MR) is 106 cm³/mol. The van der Waals surface area contributed by atoms with Crippen LogP contribution in [-0.4, -0.2) is 28.7 Å². The summed E-state index contributed by atoms with van der Waals surface area (Å²) < 4.78 is 11.2. The summed E-state index contributed by atoms with van der Waals surface area (Å²) in [5, 5.41) is 10.5. The third-order valence-corrected chi connectivity index (χ3v) is 3.89. The van der Waals surface area contributed by atoms with Gasteiger partial charge in [0.05, 0.1) is 12.6 Å². The number of ether oxygens (including phenoxy) is 1. The number of hydrogen-bond donors (Lipinski definition) is 2.